The molecule has 3 aromatic rings. The molecule has 3 heterocycles. The van der Waals surface area contributed by atoms with E-state index >= 15 is 0 Å². The minimum atomic E-state index is -1.01. The molecule has 1 aliphatic rings. The number of amides is 1. The molecule has 1 amide bonds. The maximum atomic E-state index is 12.9. The maximum Gasteiger partial charge on any atom is 0.253 e. The predicted molar refractivity (Wildman–Crippen MR) is 119 cm³/mol. The number of benzene rings is 1. The monoisotopic (exact) mass is 421 g/mol. The summed E-state index contributed by atoms with van der Waals surface area (Å²) in [6.45, 7) is 2.12. The van der Waals surface area contributed by atoms with Crippen LogP contribution in [0.5, 0.6) is 5.75 Å². The van der Waals surface area contributed by atoms with Crippen LogP contribution in [0.2, 0.25) is 0 Å². The molecule has 31 heavy (non-hydrogen) atoms. The first-order chi connectivity index (χ1) is 15.0. The fraction of sp³-hybridized carbons (Fsp3) is 0.348. The third-order valence-electron chi connectivity index (χ3n) is 5.49. The summed E-state index contributed by atoms with van der Waals surface area (Å²) in [4.78, 5) is 25.4. The molecule has 1 fully saturated rings. The van der Waals surface area contributed by atoms with Crippen molar-refractivity contribution in [1.82, 2.24) is 14.9 Å². The zero-order valence-corrected chi connectivity index (χ0v) is 17.6. The Balaban J connectivity index is 1.45. The highest BCUT2D eigenvalue weighted by atomic mass is 16.5. The molecule has 0 saturated carbocycles. The van der Waals surface area contributed by atoms with Crippen molar-refractivity contribution in [2.75, 3.05) is 44.7 Å². The Labute approximate surface area is 181 Å². The lowest BCUT2D eigenvalue weighted by atomic mass is 10.0. The van der Waals surface area contributed by atoms with E-state index in [0.29, 0.717) is 44.0 Å². The highest BCUT2D eigenvalue weighted by Crippen LogP contribution is 2.31. The summed E-state index contributed by atoms with van der Waals surface area (Å²) in [5.41, 5.74) is 7.55. The third-order valence-corrected chi connectivity index (χ3v) is 5.49. The molecule has 2 aromatic heterocycles. The topological polar surface area (TPSA) is 105 Å². The Morgan fingerprint density at radius 3 is 2.97 bits per heavy atom. The number of fused-ring (bicyclic) bond motifs is 1. The Morgan fingerprint density at radius 1 is 1.26 bits per heavy atom. The molecule has 8 nitrogen and oxygen atoms in total. The molecule has 0 radical (unpaired) electrons. The fourth-order valence-electron chi connectivity index (χ4n) is 4.04. The molecule has 0 bridgehead atoms. The number of aromatic nitrogens is 2. The SMILES string of the molecule is CN(C[C@]1(O)CCN(c2ccnc3cccnc23)C1)C(=O)c1cccc(OCCN)c1. The van der Waals surface area contributed by atoms with Gasteiger partial charge in [-0.25, -0.2) is 0 Å². The minimum Gasteiger partial charge on any atom is -0.492 e. The van der Waals surface area contributed by atoms with Gasteiger partial charge in [-0.1, -0.05) is 6.07 Å². The summed E-state index contributed by atoms with van der Waals surface area (Å²) >= 11 is 0. The smallest absolute Gasteiger partial charge is 0.253 e. The quantitative estimate of drug-likeness (QED) is 0.598. The Bertz CT molecular complexity index is 1070. The number of anilines is 1. The molecule has 0 spiro atoms. The van der Waals surface area contributed by atoms with Gasteiger partial charge in [0, 0.05) is 44.6 Å². The van der Waals surface area contributed by atoms with E-state index in [0.717, 1.165) is 16.7 Å². The highest BCUT2D eigenvalue weighted by molar-refractivity contribution is 5.94. The van der Waals surface area contributed by atoms with E-state index in [1.807, 2.05) is 18.2 Å². The number of ether oxygens (including phenoxy) is 1. The summed E-state index contributed by atoms with van der Waals surface area (Å²) in [5.74, 6) is 0.439. The predicted octanol–water partition coefficient (Wildman–Crippen LogP) is 1.68. The number of β-amino-alcohol motifs (C(OH)–C–C–N with tert-alkyl or cyclic N) is 1. The number of hydrogen-bond donors (Lipinski definition) is 2. The van der Waals surface area contributed by atoms with Gasteiger partial charge in [0.15, 0.2) is 0 Å². The van der Waals surface area contributed by atoms with Crippen LogP contribution in [-0.2, 0) is 0 Å². The van der Waals surface area contributed by atoms with Gasteiger partial charge in [0.2, 0.25) is 0 Å². The largest absolute Gasteiger partial charge is 0.492 e. The van der Waals surface area contributed by atoms with E-state index < -0.39 is 5.60 Å². The van der Waals surface area contributed by atoms with Crippen molar-refractivity contribution in [3.05, 3.63) is 60.4 Å². The molecule has 1 atom stereocenters. The standard InChI is InChI=1S/C23H27N5O3/c1-27(22(29)17-4-2-5-18(14-17)31-13-9-24)15-23(30)8-12-28(16-23)20-7-11-25-19-6-3-10-26-21(19)20/h2-7,10-11,14,30H,8-9,12-13,15-16,24H2,1H3/t23-/m1/s1. The second-order valence-electron chi connectivity index (χ2n) is 7.92. The Kier molecular flexibility index (Phi) is 6.01. The molecule has 1 aliphatic heterocycles. The van der Waals surface area contributed by atoms with Crippen molar-refractivity contribution in [3.8, 4) is 5.75 Å². The Morgan fingerprint density at radius 2 is 2.13 bits per heavy atom. The summed E-state index contributed by atoms with van der Waals surface area (Å²) in [6.07, 6.45) is 4.06. The van der Waals surface area contributed by atoms with Crippen LogP contribution < -0.4 is 15.4 Å². The van der Waals surface area contributed by atoms with Gasteiger partial charge in [-0.15, -0.1) is 0 Å². The van der Waals surface area contributed by atoms with Crippen molar-refractivity contribution < 1.29 is 14.6 Å². The van der Waals surface area contributed by atoms with Crippen molar-refractivity contribution >= 4 is 22.6 Å². The summed E-state index contributed by atoms with van der Waals surface area (Å²) in [6, 6.07) is 12.7. The van der Waals surface area contributed by atoms with Crippen LogP contribution >= 0.6 is 0 Å². The number of pyridine rings is 2. The van der Waals surface area contributed by atoms with Gasteiger partial charge < -0.3 is 25.4 Å². The van der Waals surface area contributed by atoms with E-state index in [4.69, 9.17) is 10.5 Å². The second-order valence-corrected chi connectivity index (χ2v) is 7.92. The van der Waals surface area contributed by atoms with Crippen LogP contribution in [0, 0.1) is 0 Å². The van der Waals surface area contributed by atoms with Crippen LogP contribution in [0.15, 0.2) is 54.9 Å². The van der Waals surface area contributed by atoms with Gasteiger partial charge in [-0.05, 0) is 42.8 Å². The minimum absolute atomic E-state index is 0.166. The molecule has 0 aliphatic carbocycles. The van der Waals surface area contributed by atoms with Gasteiger partial charge in [0.1, 0.15) is 23.5 Å². The molecule has 1 aromatic carbocycles. The zero-order valence-electron chi connectivity index (χ0n) is 17.6. The second kappa shape index (κ2) is 8.87. The highest BCUT2D eigenvalue weighted by Gasteiger charge is 2.38. The molecular weight excluding hydrogens is 394 g/mol. The average Bonchev–Trinajstić information content (AvgIpc) is 3.18. The number of hydrogen-bond acceptors (Lipinski definition) is 7. The fourth-order valence-corrected chi connectivity index (χ4v) is 4.04. The number of likely N-dealkylation sites (N-methyl/N-ethyl adjacent to an activating group) is 1. The first-order valence-electron chi connectivity index (χ1n) is 10.3. The first kappa shape index (κ1) is 21.0. The molecule has 3 N–H and O–H groups in total. The molecule has 0 unspecified atom stereocenters. The van der Waals surface area contributed by atoms with Crippen molar-refractivity contribution in [2.45, 2.75) is 12.0 Å². The van der Waals surface area contributed by atoms with E-state index in [1.165, 1.54) is 0 Å². The van der Waals surface area contributed by atoms with E-state index in [2.05, 4.69) is 14.9 Å². The van der Waals surface area contributed by atoms with Crippen molar-refractivity contribution in [3.63, 3.8) is 0 Å². The molecule has 4 rings (SSSR count). The molecule has 8 heteroatoms. The number of rotatable bonds is 7. The van der Waals surface area contributed by atoms with Crippen LogP contribution in [0.4, 0.5) is 5.69 Å². The van der Waals surface area contributed by atoms with E-state index in [-0.39, 0.29) is 12.5 Å². The number of nitrogens with two attached hydrogens (primary N) is 1. The maximum absolute atomic E-state index is 12.9. The molecular formula is C23H27N5O3. The van der Waals surface area contributed by atoms with Gasteiger partial charge in [-0.2, -0.15) is 0 Å². The summed E-state index contributed by atoms with van der Waals surface area (Å²) < 4.78 is 5.51. The van der Waals surface area contributed by atoms with Crippen LogP contribution in [0.25, 0.3) is 11.0 Å². The number of nitrogens with zero attached hydrogens (tertiary/aromatic N) is 4. The number of carbonyl (C=O) groups excluding carboxylic acids is 1. The molecule has 162 valence electrons. The molecule has 1 saturated heterocycles. The lowest BCUT2D eigenvalue weighted by Crippen LogP contribution is -2.45. The summed E-state index contributed by atoms with van der Waals surface area (Å²) in [7, 11) is 1.71. The number of aliphatic hydroxyl groups is 1. The van der Waals surface area contributed by atoms with Crippen molar-refractivity contribution in [1.29, 1.82) is 0 Å². The lowest BCUT2D eigenvalue weighted by molar-refractivity contribution is 0.0264. The van der Waals surface area contributed by atoms with E-state index in [9.17, 15) is 9.90 Å². The normalized spacial score (nSPS) is 18.4. The van der Waals surface area contributed by atoms with Crippen molar-refractivity contribution in [2.24, 2.45) is 5.73 Å². The van der Waals surface area contributed by atoms with Crippen LogP contribution in [0.1, 0.15) is 16.8 Å². The van der Waals surface area contributed by atoms with Gasteiger partial charge >= 0.3 is 0 Å². The third kappa shape index (κ3) is 4.60. The summed E-state index contributed by atoms with van der Waals surface area (Å²) in [5, 5.41) is 11.2. The average molecular weight is 422 g/mol. The zero-order chi connectivity index (χ0) is 21.8. The Hall–Kier alpha value is -3.23. The van der Waals surface area contributed by atoms with Gasteiger partial charge in [-0.3, -0.25) is 14.8 Å². The van der Waals surface area contributed by atoms with E-state index in [1.54, 1.807) is 48.6 Å². The lowest BCUT2D eigenvalue weighted by Gasteiger charge is -2.29. The van der Waals surface area contributed by atoms with Gasteiger partial charge in [0.25, 0.3) is 5.91 Å². The number of carbonyl (C=O) groups is 1. The van der Waals surface area contributed by atoms with Crippen LogP contribution in [-0.4, -0.2) is 71.3 Å². The van der Waals surface area contributed by atoms with Crippen LogP contribution in [0.3, 0.4) is 0 Å². The first-order valence-corrected chi connectivity index (χ1v) is 10.3. The van der Waals surface area contributed by atoms with Gasteiger partial charge in [0.05, 0.1) is 17.7 Å².